The SMILES string of the molecule is c1cc(-c2ccc(-n3c4ccccc4c4ccccc43)cc2)nc(-c2ccc(-n3c4ccccc4c4cc(-c5ccc(-c6cc(-c7ccc(-n8c9ccccc9c9ccccc98)cc7)nc(-c7ccc(-n8c9ccccc9c9ccccc98)cc7)c6)cc5)ccc43)cc2)c1. The van der Waals surface area contributed by atoms with Gasteiger partial charge in [0.25, 0.3) is 0 Å². The molecule has 438 valence electrons. The van der Waals surface area contributed by atoms with E-state index in [-0.39, 0.29) is 0 Å². The highest BCUT2D eigenvalue weighted by Gasteiger charge is 2.19. The van der Waals surface area contributed by atoms with Crippen LogP contribution >= 0.6 is 0 Å². The lowest BCUT2D eigenvalue weighted by Gasteiger charge is -2.13. The third-order valence-electron chi connectivity index (χ3n) is 19.2. The van der Waals surface area contributed by atoms with Gasteiger partial charge in [-0.05, 0) is 150 Å². The van der Waals surface area contributed by atoms with Crippen LogP contribution in [0.4, 0.5) is 0 Å². The summed E-state index contributed by atoms with van der Waals surface area (Å²) < 4.78 is 9.47. The predicted octanol–water partition coefficient (Wildman–Crippen LogP) is 22.9. The molecule has 0 N–H and O–H groups in total. The Balaban J connectivity index is 0.637. The van der Waals surface area contributed by atoms with Gasteiger partial charge in [-0.2, -0.15) is 0 Å². The molecular formula is C88H56N6. The van der Waals surface area contributed by atoms with Crippen LogP contribution in [0.3, 0.4) is 0 Å². The van der Waals surface area contributed by atoms with Crippen molar-refractivity contribution >= 4 is 87.2 Å². The molecule has 6 nitrogen and oxygen atoms in total. The summed E-state index contributed by atoms with van der Waals surface area (Å²) >= 11 is 0. The van der Waals surface area contributed by atoms with Crippen LogP contribution in [-0.2, 0) is 0 Å². The van der Waals surface area contributed by atoms with Gasteiger partial charge in [-0.25, -0.2) is 9.97 Å². The summed E-state index contributed by atoms with van der Waals surface area (Å²) in [5.74, 6) is 0. The highest BCUT2D eigenvalue weighted by Crippen LogP contribution is 2.41. The summed E-state index contributed by atoms with van der Waals surface area (Å²) in [6, 6.07) is 123. The minimum Gasteiger partial charge on any atom is -0.309 e. The number of aromatic nitrogens is 6. The Labute approximate surface area is 542 Å². The van der Waals surface area contributed by atoms with E-state index in [2.05, 4.69) is 358 Å². The average molecular weight is 1200 g/mol. The van der Waals surface area contributed by atoms with E-state index in [0.717, 1.165) is 101 Å². The summed E-state index contributed by atoms with van der Waals surface area (Å²) in [4.78, 5) is 10.7. The van der Waals surface area contributed by atoms with Crippen molar-refractivity contribution in [1.82, 2.24) is 28.2 Å². The lowest BCUT2D eigenvalue weighted by molar-refractivity contribution is 1.18. The Morgan fingerprint density at radius 3 is 0.702 bits per heavy atom. The van der Waals surface area contributed by atoms with Crippen LogP contribution in [-0.4, -0.2) is 28.2 Å². The van der Waals surface area contributed by atoms with Crippen LogP contribution in [0.2, 0.25) is 0 Å². The largest absolute Gasteiger partial charge is 0.309 e. The number of benzene rings is 13. The van der Waals surface area contributed by atoms with Crippen LogP contribution in [0.15, 0.2) is 340 Å². The molecule has 0 bridgehead atoms. The number of fused-ring (bicyclic) bond motifs is 12. The number of para-hydroxylation sites is 7. The minimum atomic E-state index is 0.910. The lowest BCUT2D eigenvalue weighted by atomic mass is 9.97. The Kier molecular flexibility index (Phi) is 12.2. The van der Waals surface area contributed by atoms with Gasteiger partial charge >= 0.3 is 0 Å². The van der Waals surface area contributed by atoms with Gasteiger partial charge in [0.2, 0.25) is 0 Å². The van der Waals surface area contributed by atoms with Gasteiger partial charge < -0.3 is 18.3 Å². The fourth-order valence-electron chi connectivity index (χ4n) is 14.8. The zero-order valence-corrected chi connectivity index (χ0v) is 51.0. The molecule has 19 aromatic rings. The molecular weight excluding hydrogens is 1140 g/mol. The zero-order chi connectivity index (χ0) is 61.8. The van der Waals surface area contributed by atoms with Crippen molar-refractivity contribution in [2.75, 3.05) is 0 Å². The molecule has 0 aliphatic heterocycles. The normalized spacial score (nSPS) is 11.8. The van der Waals surface area contributed by atoms with Gasteiger partial charge in [-0.1, -0.05) is 212 Å². The van der Waals surface area contributed by atoms with Crippen LogP contribution in [0.5, 0.6) is 0 Å². The van der Waals surface area contributed by atoms with Crippen LogP contribution in [0, 0.1) is 0 Å². The van der Waals surface area contributed by atoms with Gasteiger partial charge in [-0.15, -0.1) is 0 Å². The van der Waals surface area contributed by atoms with Crippen LogP contribution in [0.25, 0.3) is 177 Å². The molecule has 0 fully saturated rings. The molecule has 0 saturated heterocycles. The second-order valence-corrected chi connectivity index (χ2v) is 24.5. The van der Waals surface area contributed by atoms with Crippen LogP contribution < -0.4 is 0 Å². The van der Waals surface area contributed by atoms with Crippen molar-refractivity contribution in [2.24, 2.45) is 0 Å². The number of hydrogen-bond acceptors (Lipinski definition) is 2. The first-order valence-corrected chi connectivity index (χ1v) is 32.1. The Morgan fingerprint density at radius 1 is 0.149 bits per heavy atom. The van der Waals surface area contributed by atoms with Crippen molar-refractivity contribution in [2.45, 2.75) is 0 Å². The van der Waals surface area contributed by atoms with E-state index in [9.17, 15) is 0 Å². The van der Waals surface area contributed by atoms with Crippen molar-refractivity contribution in [3.8, 4) is 90.0 Å². The Hall–Kier alpha value is -12.6. The number of pyridine rings is 2. The second-order valence-electron chi connectivity index (χ2n) is 24.5. The molecule has 0 unspecified atom stereocenters. The molecule has 6 aromatic heterocycles. The smallest absolute Gasteiger partial charge is 0.0715 e. The summed E-state index contributed by atoms with van der Waals surface area (Å²) in [5.41, 5.74) is 26.3. The first-order valence-electron chi connectivity index (χ1n) is 32.1. The van der Waals surface area contributed by atoms with Crippen molar-refractivity contribution < 1.29 is 0 Å². The van der Waals surface area contributed by atoms with Crippen molar-refractivity contribution in [3.05, 3.63) is 340 Å². The van der Waals surface area contributed by atoms with Crippen molar-refractivity contribution in [1.29, 1.82) is 0 Å². The maximum atomic E-state index is 5.46. The third-order valence-corrected chi connectivity index (χ3v) is 19.2. The molecule has 19 rings (SSSR count). The average Bonchev–Trinajstić information content (AvgIpc) is 1.63. The Morgan fingerprint density at radius 2 is 0.383 bits per heavy atom. The molecule has 0 amide bonds. The third kappa shape index (κ3) is 8.65. The fraction of sp³-hybridized carbons (Fsp3) is 0. The lowest BCUT2D eigenvalue weighted by Crippen LogP contribution is -1.96. The maximum absolute atomic E-state index is 5.46. The first kappa shape index (κ1) is 53.2. The Bertz CT molecular complexity index is 5850. The second kappa shape index (κ2) is 21.5. The highest BCUT2D eigenvalue weighted by atomic mass is 15.0. The van der Waals surface area contributed by atoms with Gasteiger partial charge in [0.1, 0.15) is 0 Å². The van der Waals surface area contributed by atoms with Gasteiger partial charge in [-0.3, -0.25) is 0 Å². The summed E-state index contributed by atoms with van der Waals surface area (Å²) in [6.07, 6.45) is 0. The van der Waals surface area contributed by atoms with E-state index in [1.54, 1.807) is 0 Å². The summed E-state index contributed by atoms with van der Waals surface area (Å²) in [7, 11) is 0. The number of hydrogen-bond donors (Lipinski definition) is 0. The summed E-state index contributed by atoms with van der Waals surface area (Å²) in [6.45, 7) is 0. The molecule has 94 heavy (non-hydrogen) atoms. The van der Waals surface area contributed by atoms with Gasteiger partial charge in [0, 0.05) is 88.1 Å². The van der Waals surface area contributed by atoms with Gasteiger partial charge in [0.05, 0.1) is 66.9 Å². The molecule has 6 heterocycles. The zero-order valence-electron chi connectivity index (χ0n) is 51.0. The van der Waals surface area contributed by atoms with E-state index in [1.165, 1.54) is 76.2 Å². The molecule has 0 atom stereocenters. The van der Waals surface area contributed by atoms with E-state index >= 15 is 0 Å². The first-order chi connectivity index (χ1) is 46.6. The van der Waals surface area contributed by atoms with E-state index in [1.807, 2.05) is 0 Å². The number of rotatable bonds is 10. The van der Waals surface area contributed by atoms with E-state index < -0.39 is 0 Å². The van der Waals surface area contributed by atoms with Crippen molar-refractivity contribution in [3.63, 3.8) is 0 Å². The molecule has 6 heteroatoms. The molecule has 0 saturated carbocycles. The predicted molar refractivity (Wildman–Crippen MR) is 392 cm³/mol. The standard InChI is InChI=1S/C88H56N6/c1-8-25-81-69(16-1)70-17-2-9-26-82(70)91(81)65-45-36-59(37-46-65)77-23-15-24-78(89-77)60-38-47-68(48-39-60)94-87-31-14-7-22-75(87)76-54-63(44-53-88(76)94)57-32-34-58(35-33-57)64-55-79(61-40-49-66(50-41-61)92-83-27-10-3-18-71(83)72-19-4-11-28-84(72)92)90-80(56-64)62-42-51-67(52-43-62)93-85-29-12-5-20-73(85)74-21-6-13-30-86(74)93/h1-56H. The minimum absolute atomic E-state index is 0.910. The highest BCUT2D eigenvalue weighted by molar-refractivity contribution is 6.13. The summed E-state index contributed by atoms with van der Waals surface area (Å²) in [5, 5.41) is 9.91. The van der Waals surface area contributed by atoms with E-state index in [4.69, 9.17) is 9.97 Å². The van der Waals surface area contributed by atoms with Crippen LogP contribution in [0.1, 0.15) is 0 Å². The van der Waals surface area contributed by atoms with E-state index in [0.29, 0.717) is 0 Å². The molecule has 0 aliphatic carbocycles. The number of nitrogens with zero attached hydrogens (tertiary/aromatic N) is 6. The maximum Gasteiger partial charge on any atom is 0.0715 e. The molecule has 0 radical (unpaired) electrons. The quantitative estimate of drug-likeness (QED) is 0.137. The topological polar surface area (TPSA) is 45.5 Å². The monoisotopic (exact) mass is 1200 g/mol. The molecule has 0 aliphatic rings. The fourth-order valence-corrected chi connectivity index (χ4v) is 14.8. The molecule has 13 aromatic carbocycles. The molecule has 0 spiro atoms. The van der Waals surface area contributed by atoms with Gasteiger partial charge in [0.15, 0.2) is 0 Å².